The number of carbonyl (C=O) groups excluding carboxylic acids is 3. The van der Waals surface area contributed by atoms with Crippen molar-refractivity contribution in [2.75, 3.05) is 11.9 Å². The molecule has 1 aromatic carbocycles. The molecule has 1 aromatic rings. The van der Waals surface area contributed by atoms with E-state index in [0.29, 0.717) is 11.3 Å². The summed E-state index contributed by atoms with van der Waals surface area (Å²) >= 11 is 0. The van der Waals surface area contributed by atoms with Crippen molar-refractivity contribution in [3.05, 3.63) is 29.8 Å². The number of anilines is 1. The van der Waals surface area contributed by atoms with Crippen LogP contribution in [0.4, 0.5) is 5.69 Å². The molecule has 8 heteroatoms. The number of nitrogens with one attached hydrogen (secondary N) is 2. The molecule has 1 aliphatic rings. The van der Waals surface area contributed by atoms with Gasteiger partial charge in [0.2, 0.25) is 11.8 Å². The molecule has 0 aliphatic heterocycles. The third-order valence-electron chi connectivity index (χ3n) is 4.41. The fraction of sp³-hybridized carbons (Fsp3) is 0.471. The number of rotatable bonds is 5. The van der Waals surface area contributed by atoms with E-state index in [1.54, 1.807) is 24.3 Å². The first-order chi connectivity index (χ1) is 11.3. The summed E-state index contributed by atoms with van der Waals surface area (Å²) in [6, 6.07) is 6.45. The normalized spacial score (nSPS) is 22.4. The van der Waals surface area contributed by atoms with E-state index in [1.165, 1.54) is 0 Å². The molecule has 2 atom stereocenters. The van der Waals surface area contributed by atoms with Crippen molar-refractivity contribution in [1.82, 2.24) is 5.32 Å². The highest BCUT2D eigenvalue weighted by molar-refractivity contribution is 5.97. The van der Waals surface area contributed by atoms with E-state index in [2.05, 4.69) is 10.6 Å². The summed E-state index contributed by atoms with van der Waals surface area (Å²) in [5.74, 6) is -1.31. The summed E-state index contributed by atoms with van der Waals surface area (Å²) in [5, 5.41) is 5.26. The molecule has 0 aromatic heterocycles. The Hall–Kier alpha value is -2.12. The second-order valence-corrected chi connectivity index (χ2v) is 6.52. The first-order valence-electron chi connectivity index (χ1n) is 8.06. The van der Waals surface area contributed by atoms with E-state index in [9.17, 15) is 14.4 Å². The van der Waals surface area contributed by atoms with Gasteiger partial charge < -0.3 is 22.1 Å². The molecule has 2 unspecified atom stereocenters. The van der Waals surface area contributed by atoms with E-state index in [1.807, 2.05) is 6.92 Å². The lowest BCUT2D eigenvalue weighted by Gasteiger charge is -2.37. The molecule has 6 N–H and O–H groups in total. The van der Waals surface area contributed by atoms with Crippen molar-refractivity contribution < 1.29 is 14.4 Å². The predicted octanol–water partition coefficient (Wildman–Crippen LogP) is 1.17. The summed E-state index contributed by atoms with van der Waals surface area (Å²) in [6.07, 6.45) is 3.67. The topological polar surface area (TPSA) is 127 Å². The molecule has 0 radical (unpaired) electrons. The molecule has 1 fully saturated rings. The second-order valence-electron chi connectivity index (χ2n) is 6.52. The Bertz CT molecular complexity index is 631. The van der Waals surface area contributed by atoms with Gasteiger partial charge in [0.05, 0.1) is 12.5 Å². The molecular weight excluding hydrogens is 344 g/mol. The predicted molar refractivity (Wildman–Crippen MR) is 98.4 cm³/mol. The van der Waals surface area contributed by atoms with Crippen LogP contribution in [0.3, 0.4) is 0 Å². The smallest absolute Gasteiger partial charge is 0.251 e. The number of carbonyl (C=O) groups is 3. The SMILES string of the molecule is CC1(N)CCCCC1C(=O)Nc1ccc(C(=O)NCC(N)=O)cc1.Cl. The lowest BCUT2D eigenvalue weighted by atomic mass is 9.74. The third-order valence-corrected chi connectivity index (χ3v) is 4.41. The maximum absolute atomic E-state index is 12.5. The molecule has 2 rings (SSSR count). The number of amides is 3. The van der Waals surface area contributed by atoms with Crippen LogP contribution in [-0.2, 0) is 9.59 Å². The Morgan fingerprint density at radius 3 is 2.40 bits per heavy atom. The van der Waals surface area contributed by atoms with Gasteiger partial charge in [0, 0.05) is 16.8 Å². The average Bonchev–Trinajstić information content (AvgIpc) is 2.52. The van der Waals surface area contributed by atoms with E-state index in [0.717, 1.165) is 25.7 Å². The zero-order chi connectivity index (χ0) is 17.7. The van der Waals surface area contributed by atoms with Crippen molar-refractivity contribution in [3.8, 4) is 0 Å². The lowest BCUT2D eigenvalue weighted by Crippen LogP contribution is -2.51. The van der Waals surface area contributed by atoms with Crippen LogP contribution < -0.4 is 22.1 Å². The summed E-state index contributed by atoms with van der Waals surface area (Å²) < 4.78 is 0. The highest BCUT2D eigenvalue weighted by Gasteiger charge is 2.37. The van der Waals surface area contributed by atoms with Gasteiger partial charge in [-0.25, -0.2) is 0 Å². The average molecular weight is 369 g/mol. The molecule has 138 valence electrons. The van der Waals surface area contributed by atoms with E-state index in [4.69, 9.17) is 11.5 Å². The van der Waals surface area contributed by atoms with Crippen LogP contribution in [0, 0.1) is 5.92 Å². The van der Waals surface area contributed by atoms with Gasteiger partial charge in [-0.15, -0.1) is 12.4 Å². The first kappa shape index (κ1) is 20.9. The van der Waals surface area contributed by atoms with Crippen molar-refractivity contribution >= 4 is 35.8 Å². The minimum Gasteiger partial charge on any atom is -0.368 e. The number of hydrogen-bond donors (Lipinski definition) is 4. The molecule has 0 spiro atoms. The van der Waals surface area contributed by atoms with E-state index < -0.39 is 17.4 Å². The number of nitrogens with two attached hydrogens (primary N) is 2. The maximum atomic E-state index is 12.5. The van der Waals surface area contributed by atoms with Gasteiger partial charge in [0.25, 0.3) is 5.91 Å². The highest BCUT2D eigenvalue weighted by atomic mass is 35.5. The Kier molecular flexibility index (Phi) is 7.38. The van der Waals surface area contributed by atoms with Gasteiger partial charge in [-0.1, -0.05) is 12.8 Å². The maximum Gasteiger partial charge on any atom is 0.251 e. The fourth-order valence-corrected chi connectivity index (χ4v) is 2.99. The van der Waals surface area contributed by atoms with E-state index in [-0.39, 0.29) is 30.8 Å². The van der Waals surface area contributed by atoms with Crippen LogP contribution in [0.15, 0.2) is 24.3 Å². The summed E-state index contributed by atoms with van der Waals surface area (Å²) in [6.45, 7) is 1.71. The Balaban J connectivity index is 0.00000312. The molecule has 1 saturated carbocycles. The summed E-state index contributed by atoms with van der Waals surface area (Å²) in [5.41, 5.74) is 11.7. The van der Waals surface area contributed by atoms with Crippen molar-refractivity contribution in [3.63, 3.8) is 0 Å². The molecule has 1 aliphatic carbocycles. The fourth-order valence-electron chi connectivity index (χ4n) is 2.99. The monoisotopic (exact) mass is 368 g/mol. The summed E-state index contributed by atoms with van der Waals surface area (Å²) in [4.78, 5) is 34.9. The number of primary amides is 1. The molecule has 25 heavy (non-hydrogen) atoms. The van der Waals surface area contributed by atoms with Crippen LogP contribution in [0.25, 0.3) is 0 Å². The van der Waals surface area contributed by atoms with E-state index >= 15 is 0 Å². The second kappa shape index (κ2) is 8.82. The molecule has 0 bridgehead atoms. The van der Waals surface area contributed by atoms with Gasteiger partial charge in [-0.05, 0) is 44.0 Å². The van der Waals surface area contributed by atoms with Gasteiger partial charge in [-0.2, -0.15) is 0 Å². The highest BCUT2D eigenvalue weighted by Crippen LogP contribution is 2.32. The van der Waals surface area contributed by atoms with Gasteiger partial charge in [0.15, 0.2) is 0 Å². The van der Waals surface area contributed by atoms with Gasteiger partial charge >= 0.3 is 0 Å². The van der Waals surface area contributed by atoms with Gasteiger partial charge in [0.1, 0.15) is 0 Å². The molecule has 0 saturated heterocycles. The molecule has 0 heterocycles. The Labute approximate surface area is 153 Å². The largest absolute Gasteiger partial charge is 0.368 e. The number of hydrogen-bond acceptors (Lipinski definition) is 4. The van der Waals surface area contributed by atoms with Crippen LogP contribution in [0.1, 0.15) is 43.0 Å². The molecular formula is C17H25ClN4O3. The minimum absolute atomic E-state index is 0. The first-order valence-corrected chi connectivity index (χ1v) is 8.06. The Morgan fingerprint density at radius 2 is 1.84 bits per heavy atom. The zero-order valence-corrected chi connectivity index (χ0v) is 15.0. The summed E-state index contributed by atoms with van der Waals surface area (Å²) in [7, 11) is 0. The van der Waals surface area contributed by atoms with Crippen LogP contribution in [-0.4, -0.2) is 29.8 Å². The molecule has 3 amide bonds. The third kappa shape index (κ3) is 5.72. The number of halogens is 1. The van der Waals surface area contributed by atoms with Crippen molar-refractivity contribution in [1.29, 1.82) is 0 Å². The Morgan fingerprint density at radius 1 is 1.20 bits per heavy atom. The quantitative estimate of drug-likeness (QED) is 0.622. The van der Waals surface area contributed by atoms with Crippen LogP contribution in [0.5, 0.6) is 0 Å². The van der Waals surface area contributed by atoms with Crippen molar-refractivity contribution in [2.45, 2.75) is 38.1 Å². The van der Waals surface area contributed by atoms with Crippen LogP contribution in [0.2, 0.25) is 0 Å². The minimum atomic E-state index is -0.607. The number of benzene rings is 1. The standard InChI is InChI=1S/C17H24N4O3.ClH/c1-17(19)9-3-2-4-13(17)16(24)21-12-7-5-11(6-8-12)15(23)20-10-14(18)22;/h5-8,13H,2-4,9-10,19H2,1H3,(H2,18,22)(H,20,23)(H,21,24);1H. The van der Waals surface area contributed by atoms with Crippen molar-refractivity contribution in [2.24, 2.45) is 17.4 Å². The van der Waals surface area contributed by atoms with Gasteiger partial charge in [-0.3, -0.25) is 14.4 Å². The van der Waals surface area contributed by atoms with Crippen LogP contribution >= 0.6 is 12.4 Å². The lowest BCUT2D eigenvalue weighted by molar-refractivity contribution is -0.122. The zero-order valence-electron chi connectivity index (χ0n) is 14.2. The molecule has 7 nitrogen and oxygen atoms in total.